The molecule has 0 bridgehead atoms. The van der Waals surface area contributed by atoms with Crippen LogP contribution in [0.1, 0.15) is 29.0 Å². The van der Waals surface area contributed by atoms with E-state index in [0.29, 0.717) is 6.61 Å². The van der Waals surface area contributed by atoms with Crippen molar-refractivity contribution in [3.05, 3.63) is 20.3 Å². The molecule has 1 aromatic heterocycles. The van der Waals surface area contributed by atoms with E-state index >= 15 is 0 Å². The van der Waals surface area contributed by atoms with Crippen molar-refractivity contribution in [1.29, 1.82) is 0 Å². The first-order valence-corrected chi connectivity index (χ1v) is 6.16. The number of thiophene rings is 1. The Labute approximate surface area is 90.9 Å². The normalized spacial score (nSPS) is 19.9. The van der Waals surface area contributed by atoms with Crippen molar-refractivity contribution < 1.29 is 5.11 Å². The fourth-order valence-electron chi connectivity index (χ4n) is 1.91. The molecule has 0 saturated heterocycles. The number of halogens is 1. The average molecular weight is 261 g/mol. The van der Waals surface area contributed by atoms with Crippen LogP contribution in [-0.4, -0.2) is 11.7 Å². The van der Waals surface area contributed by atoms with Gasteiger partial charge in [-0.25, -0.2) is 0 Å². The zero-order chi connectivity index (χ0) is 9.47. The van der Waals surface area contributed by atoms with Crippen LogP contribution < -0.4 is 0 Å². The molecule has 0 aromatic carbocycles. The smallest absolute Gasteiger partial charge is 0.0536 e. The fourth-order valence-corrected chi connectivity index (χ4v) is 4.20. The Morgan fingerprint density at radius 2 is 2.31 bits per heavy atom. The number of aliphatic hydroxyl groups is 1. The molecule has 0 atom stereocenters. The second-order valence-electron chi connectivity index (χ2n) is 3.83. The molecule has 1 aromatic rings. The molecular formula is C10H13BrOS. The first kappa shape index (κ1) is 9.69. The summed E-state index contributed by atoms with van der Waals surface area (Å²) in [6.07, 6.45) is 3.54. The van der Waals surface area contributed by atoms with Gasteiger partial charge in [0, 0.05) is 19.6 Å². The van der Waals surface area contributed by atoms with Crippen LogP contribution in [0.2, 0.25) is 0 Å². The van der Waals surface area contributed by atoms with Crippen LogP contribution >= 0.6 is 27.3 Å². The van der Waals surface area contributed by atoms with Crippen molar-refractivity contribution in [2.24, 2.45) is 0 Å². The fraction of sp³-hybridized carbons (Fsp3) is 0.600. The number of hydrogen-bond donors (Lipinski definition) is 1. The third kappa shape index (κ3) is 1.47. The summed E-state index contributed by atoms with van der Waals surface area (Å²) in [6, 6.07) is 2.15. The van der Waals surface area contributed by atoms with Gasteiger partial charge >= 0.3 is 0 Å². The SMILES string of the molecule is Cc1cc(Br)c(C2(CO)CCC2)s1. The van der Waals surface area contributed by atoms with Crippen LogP contribution in [0.3, 0.4) is 0 Å². The Bertz CT molecular complexity index is 309. The van der Waals surface area contributed by atoms with Gasteiger partial charge in [-0.3, -0.25) is 0 Å². The lowest BCUT2D eigenvalue weighted by Crippen LogP contribution is -2.37. The Kier molecular flexibility index (Phi) is 2.51. The van der Waals surface area contributed by atoms with Crippen LogP contribution in [0.4, 0.5) is 0 Å². The molecule has 1 fully saturated rings. The van der Waals surface area contributed by atoms with Crippen molar-refractivity contribution >= 4 is 27.3 Å². The van der Waals surface area contributed by atoms with E-state index in [9.17, 15) is 5.11 Å². The van der Waals surface area contributed by atoms with Crippen molar-refractivity contribution in [3.8, 4) is 0 Å². The van der Waals surface area contributed by atoms with Crippen molar-refractivity contribution in [3.63, 3.8) is 0 Å². The highest BCUT2D eigenvalue weighted by molar-refractivity contribution is 9.10. The molecule has 1 heterocycles. The molecule has 1 aliphatic carbocycles. The summed E-state index contributed by atoms with van der Waals surface area (Å²) in [6.45, 7) is 2.41. The summed E-state index contributed by atoms with van der Waals surface area (Å²) in [7, 11) is 0. The summed E-state index contributed by atoms with van der Waals surface area (Å²) < 4.78 is 1.18. The molecular weight excluding hydrogens is 248 g/mol. The topological polar surface area (TPSA) is 20.2 Å². The van der Waals surface area contributed by atoms with E-state index in [1.165, 1.54) is 20.6 Å². The lowest BCUT2D eigenvalue weighted by atomic mass is 9.68. The maximum absolute atomic E-state index is 9.41. The zero-order valence-electron chi connectivity index (χ0n) is 7.64. The lowest BCUT2D eigenvalue weighted by molar-refractivity contribution is 0.123. The summed E-state index contributed by atoms with van der Waals surface area (Å²) >= 11 is 5.38. The number of aryl methyl sites for hydroxylation is 1. The predicted molar refractivity (Wildman–Crippen MR) is 59.4 cm³/mol. The van der Waals surface area contributed by atoms with Gasteiger partial charge in [-0.05, 0) is 41.8 Å². The number of rotatable bonds is 2. The molecule has 1 aliphatic rings. The average Bonchev–Trinajstić information content (AvgIpc) is 2.30. The third-order valence-corrected chi connectivity index (χ3v) is 5.09. The van der Waals surface area contributed by atoms with Gasteiger partial charge in [-0.15, -0.1) is 11.3 Å². The third-order valence-electron chi connectivity index (χ3n) is 2.90. The maximum Gasteiger partial charge on any atom is 0.0536 e. The van der Waals surface area contributed by atoms with Gasteiger partial charge in [-0.1, -0.05) is 6.42 Å². The molecule has 0 unspecified atom stereocenters. The van der Waals surface area contributed by atoms with Crippen LogP contribution in [-0.2, 0) is 5.41 Å². The quantitative estimate of drug-likeness (QED) is 0.866. The molecule has 0 amide bonds. The molecule has 0 aliphatic heterocycles. The van der Waals surface area contributed by atoms with E-state index in [0.717, 1.165) is 12.8 Å². The molecule has 72 valence electrons. The van der Waals surface area contributed by atoms with Gasteiger partial charge in [0.1, 0.15) is 0 Å². The standard InChI is InChI=1S/C10H13BrOS/c1-7-5-8(11)9(13-7)10(6-12)3-2-4-10/h5,12H,2-4,6H2,1H3. The monoisotopic (exact) mass is 260 g/mol. The van der Waals surface area contributed by atoms with Gasteiger partial charge in [0.2, 0.25) is 0 Å². The van der Waals surface area contributed by atoms with Gasteiger partial charge in [0.25, 0.3) is 0 Å². The van der Waals surface area contributed by atoms with Crippen molar-refractivity contribution in [2.45, 2.75) is 31.6 Å². The molecule has 2 rings (SSSR count). The second kappa shape index (κ2) is 3.37. The highest BCUT2D eigenvalue weighted by atomic mass is 79.9. The largest absolute Gasteiger partial charge is 0.395 e. The van der Waals surface area contributed by atoms with E-state index in [4.69, 9.17) is 0 Å². The van der Waals surface area contributed by atoms with Gasteiger partial charge < -0.3 is 5.11 Å². The highest BCUT2D eigenvalue weighted by Crippen LogP contribution is 2.48. The first-order valence-electron chi connectivity index (χ1n) is 4.55. The van der Waals surface area contributed by atoms with Crippen molar-refractivity contribution in [1.82, 2.24) is 0 Å². The molecule has 0 spiro atoms. The Balaban J connectivity index is 2.37. The van der Waals surface area contributed by atoms with Crippen LogP contribution in [0, 0.1) is 6.92 Å². The molecule has 1 N–H and O–H groups in total. The summed E-state index contributed by atoms with van der Waals surface area (Å²) in [5.41, 5.74) is 0.0950. The summed E-state index contributed by atoms with van der Waals surface area (Å²) in [5.74, 6) is 0. The minimum absolute atomic E-state index is 0.0950. The Morgan fingerprint density at radius 1 is 1.62 bits per heavy atom. The maximum atomic E-state index is 9.41. The molecule has 1 saturated carbocycles. The van der Waals surface area contributed by atoms with Gasteiger partial charge in [0.15, 0.2) is 0 Å². The first-order chi connectivity index (χ1) is 6.18. The minimum atomic E-state index is 0.0950. The van der Waals surface area contributed by atoms with E-state index in [1.54, 1.807) is 0 Å². The summed E-state index contributed by atoms with van der Waals surface area (Å²) in [5, 5.41) is 9.41. The van der Waals surface area contributed by atoms with Crippen molar-refractivity contribution in [2.75, 3.05) is 6.61 Å². The van der Waals surface area contributed by atoms with E-state index in [-0.39, 0.29) is 5.41 Å². The second-order valence-corrected chi connectivity index (χ2v) is 5.94. The molecule has 1 nitrogen and oxygen atoms in total. The van der Waals surface area contributed by atoms with E-state index < -0.39 is 0 Å². The van der Waals surface area contributed by atoms with Gasteiger partial charge in [-0.2, -0.15) is 0 Å². The number of aliphatic hydroxyl groups excluding tert-OH is 1. The van der Waals surface area contributed by atoms with E-state index in [1.807, 2.05) is 11.3 Å². The van der Waals surface area contributed by atoms with Crippen LogP contribution in [0.15, 0.2) is 10.5 Å². The Morgan fingerprint density at radius 3 is 2.62 bits per heavy atom. The molecule has 0 radical (unpaired) electrons. The van der Waals surface area contributed by atoms with E-state index in [2.05, 4.69) is 28.9 Å². The van der Waals surface area contributed by atoms with Crippen LogP contribution in [0.25, 0.3) is 0 Å². The van der Waals surface area contributed by atoms with Crippen LogP contribution in [0.5, 0.6) is 0 Å². The summed E-state index contributed by atoms with van der Waals surface area (Å²) in [4.78, 5) is 2.67. The lowest BCUT2D eigenvalue weighted by Gasteiger charge is -2.39. The Hall–Kier alpha value is 0.140. The highest BCUT2D eigenvalue weighted by Gasteiger charge is 2.40. The van der Waals surface area contributed by atoms with Gasteiger partial charge in [0.05, 0.1) is 6.61 Å². The molecule has 13 heavy (non-hydrogen) atoms. The number of hydrogen-bond acceptors (Lipinski definition) is 2. The minimum Gasteiger partial charge on any atom is -0.395 e. The zero-order valence-corrected chi connectivity index (χ0v) is 10.0. The molecule has 3 heteroatoms. The predicted octanol–water partition coefficient (Wildman–Crippen LogP) is 3.23.